The van der Waals surface area contributed by atoms with Crippen LogP contribution in [0.5, 0.6) is 5.75 Å². The number of carbonyl (C=O) groups excluding carboxylic acids is 1. The average molecular weight is 591 g/mol. The number of halogens is 1. The zero-order chi connectivity index (χ0) is 31.1. The summed E-state index contributed by atoms with van der Waals surface area (Å²) in [5.41, 5.74) is 12.0. The minimum Gasteiger partial charge on any atom is -0.496 e. The van der Waals surface area contributed by atoms with Crippen molar-refractivity contribution in [3.05, 3.63) is 64.7 Å². The van der Waals surface area contributed by atoms with Crippen molar-refractivity contribution in [3.8, 4) is 5.75 Å². The number of hydrogen-bond acceptors (Lipinski definition) is 6. The summed E-state index contributed by atoms with van der Waals surface area (Å²) in [6.45, 7) is 6.59. The van der Waals surface area contributed by atoms with Crippen molar-refractivity contribution in [2.24, 2.45) is 22.1 Å². The number of hydrogen-bond donors (Lipinski definition) is 2. The number of benzene rings is 1. The number of aliphatic hydroxyl groups excluding tert-OH is 1. The number of anilines is 1. The van der Waals surface area contributed by atoms with Gasteiger partial charge in [-0.05, 0) is 99.6 Å². The number of amides is 1. The van der Waals surface area contributed by atoms with E-state index in [2.05, 4.69) is 35.1 Å². The highest BCUT2D eigenvalue weighted by Gasteiger charge is 2.47. The first-order chi connectivity index (χ1) is 20.7. The van der Waals surface area contributed by atoms with Gasteiger partial charge < -0.3 is 15.6 Å². The average Bonchev–Trinajstić information content (AvgIpc) is 3.01. The number of aryl methyl sites for hydroxylation is 1. The predicted molar refractivity (Wildman–Crippen MR) is 173 cm³/mol. The van der Waals surface area contributed by atoms with Crippen LogP contribution in [-0.4, -0.2) is 49.0 Å². The van der Waals surface area contributed by atoms with Crippen LogP contribution in [0.3, 0.4) is 0 Å². The normalized spacial score (nSPS) is 18.3. The molecule has 2 fully saturated rings. The molecule has 0 saturated heterocycles. The van der Waals surface area contributed by atoms with Gasteiger partial charge in [-0.25, -0.2) is 9.37 Å². The molecule has 2 saturated carbocycles. The quantitative estimate of drug-likeness (QED) is 0.311. The van der Waals surface area contributed by atoms with Gasteiger partial charge in [0.25, 0.3) is 0 Å². The summed E-state index contributed by atoms with van der Waals surface area (Å²) in [5, 5.41) is 7.00. The van der Waals surface area contributed by atoms with Crippen LogP contribution in [0.1, 0.15) is 88.3 Å². The Labute approximate surface area is 255 Å². The Morgan fingerprint density at radius 1 is 1.23 bits per heavy atom. The number of pyridine rings is 1. The van der Waals surface area contributed by atoms with Crippen molar-refractivity contribution < 1.29 is 19.0 Å². The number of nitrogens with two attached hydrogens (primary N) is 1. The maximum absolute atomic E-state index is 15.0. The van der Waals surface area contributed by atoms with Gasteiger partial charge in [-0.1, -0.05) is 30.9 Å². The Bertz CT molecular complexity index is 1380. The number of ether oxygens (including phenoxy) is 1. The van der Waals surface area contributed by atoms with Crippen LogP contribution < -0.4 is 15.4 Å². The van der Waals surface area contributed by atoms with Crippen LogP contribution >= 0.6 is 0 Å². The van der Waals surface area contributed by atoms with Crippen molar-refractivity contribution in [1.29, 1.82) is 0 Å². The molecule has 0 atom stereocenters. The Kier molecular flexibility index (Phi) is 10.8. The van der Waals surface area contributed by atoms with Gasteiger partial charge in [0.1, 0.15) is 17.4 Å². The van der Waals surface area contributed by atoms with Crippen LogP contribution in [0, 0.1) is 24.1 Å². The molecule has 8 heteroatoms. The fourth-order valence-corrected chi connectivity index (χ4v) is 6.82. The lowest BCUT2D eigenvalue weighted by Gasteiger charge is -2.52. The summed E-state index contributed by atoms with van der Waals surface area (Å²) in [5.74, 6) is 1.03. The second-order valence-corrected chi connectivity index (χ2v) is 12.4. The van der Waals surface area contributed by atoms with Crippen LogP contribution in [0.4, 0.5) is 10.2 Å². The molecule has 0 aliphatic heterocycles. The minimum atomic E-state index is -0.477. The number of methoxy groups -OCH3 is 1. The highest BCUT2D eigenvalue weighted by molar-refractivity contribution is 6.10. The van der Waals surface area contributed by atoms with Crippen molar-refractivity contribution >= 4 is 29.1 Å². The van der Waals surface area contributed by atoms with E-state index in [1.807, 2.05) is 18.7 Å². The van der Waals surface area contributed by atoms with Gasteiger partial charge in [-0.3, -0.25) is 14.7 Å². The van der Waals surface area contributed by atoms with E-state index in [1.165, 1.54) is 35.5 Å². The number of allylic oxidation sites excluding steroid dienone is 3. The minimum absolute atomic E-state index is 0.0148. The molecule has 4 aliphatic carbocycles. The topological polar surface area (TPSA) is 101 Å². The van der Waals surface area contributed by atoms with E-state index in [1.54, 1.807) is 19.4 Å². The molecule has 2 bridgehead atoms. The van der Waals surface area contributed by atoms with Crippen LogP contribution in [0.2, 0.25) is 0 Å². The molecule has 1 amide bonds. The Hall–Kier alpha value is -3.52. The van der Waals surface area contributed by atoms with Gasteiger partial charge in [-0.2, -0.15) is 0 Å². The second kappa shape index (κ2) is 14.3. The fourth-order valence-electron chi connectivity index (χ4n) is 6.82. The number of aliphatic imine (C=N–C) groups is 1. The highest BCUT2D eigenvalue weighted by atomic mass is 19.1. The Morgan fingerprint density at radius 3 is 2.53 bits per heavy atom. The van der Waals surface area contributed by atoms with Gasteiger partial charge >= 0.3 is 0 Å². The molecule has 1 aromatic heterocycles. The van der Waals surface area contributed by atoms with Crippen molar-refractivity contribution in [1.82, 2.24) is 4.98 Å². The molecule has 43 heavy (non-hydrogen) atoms. The summed E-state index contributed by atoms with van der Waals surface area (Å²) < 4.78 is 20.5. The smallest absolute Gasteiger partial charge is 0.231 e. The van der Waals surface area contributed by atoms with Crippen LogP contribution in [-0.2, 0) is 4.79 Å². The molecule has 3 N–H and O–H groups in total. The van der Waals surface area contributed by atoms with E-state index in [-0.39, 0.29) is 23.3 Å². The van der Waals surface area contributed by atoms with Gasteiger partial charge in [0.05, 0.1) is 13.3 Å². The number of fused-ring (bicyclic) bond motifs is 2. The summed E-state index contributed by atoms with van der Waals surface area (Å²) in [6, 6.07) is 8.17. The Balaban J connectivity index is 0.00000207. The largest absolute Gasteiger partial charge is 0.496 e. The zero-order valence-electron chi connectivity index (χ0n) is 26.3. The lowest BCUT2D eigenvalue weighted by atomic mass is 9.56. The summed E-state index contributed by atoms with van der Waals surface area (Å²) in [7, 11) is 2.70. The van der Waals surface area contributed by atoms with E-state index < -0.39 is 5.82 Å². The fraction of sp³-hybridized carbons (Fsp3) is 0.514. The maximum Gasteiger partial charge on any atom is 0.231 e. The first-order valence-electron chi connectivity index (χ1n) is 15.5. The summed E-state index contributed by atoms with van der Waals surface area (Å²) in [4.78, 5) is 24.8. The first kappa shape index (κ1) is 32.4. The second-order valence-electron chi connectivity index (χ2n) is 12.4. The van der Waals surface area contributed by atoms with E-state index in [0.717, 1.165) is 69.8 Å². The molecule has 7 nitrogen and oxygen atoms in total. The monoisotopic (exact) mass is 590 g/mol. The van der Waals surface area contributed by atoms with E-state index >= 15 is 4.39 Å². The number of aromatic nitrogens is 1. The molecule has 0 unspecified atom stereocenters. The third kappa shape index (κ3) is 7.18. The molecule has 1 heterocycles. The number of carbonyl (C=O) groups is 1. The predicted octanol–water partition coefficient (Wildman–Crippen LogP) is 6.87. The molecule has 0 radical (unpaired) electrons. The van der Waals surface area contributed by atoms with E-state index in [0.29, 0.717) is 23.5 Å². The molecule has 6 rings (SSSR count). The SMILES string of the molecule is CO.COc1ccc(C2=C3CC(CN(C(=O)C4CCCCC4)c4cc(/C(C=NC(C)C)=C/N)c(F)cn4)(CC2)C3)cc1C. The van der Waals surface area contributed by atoms with Crippen LogP contribution in [0.25, 0.3) is 11.1 Å². The molecular formula is C35H47FN4O3. The van der Waals surface area contributed by atoms with Crippen molar-refractivity contribution in [2.75, 3.05) is 25.7 Å². The number of nitrogens with zero attached hydrogens (tertiary/aromatic N) is 3. The van der Waals surface area contributed by atoms with Gasteiger partial charge in [0.2, 0.25) is 5.91 Å². The molecule has 1 aromatic carbocycles. The van der Waals surface area contributed by atoms with Gasteiger partial charge in [-0.15, -0.1) is 0 Å². The van der Waals surface area contributed by atoms with Crippen LogP contribution in [0.15, 0.2) is 47.2 Å². The Morgan fingerprint density at radius 2 is 1.95 bits per heavy atom. The van der Waals surface area contributed by atoms with Crippen molar-refractivity contribution in [2.45, 2.75) is 84.6 Å². The van der Waals surface area contributed by atoms with E-state index in [9.17, 15) is 4.79 Å². The third-order valence-electron chi connectivity index (χ3n) is 9.09. The van der Waals surface area contributed by atoms with Gasteiger partial charge in [0, 0.05) is 49.2 Å². The summed E-state index contributed by atoms with van der Waals surface area (Å²) in [6.07, 6.45) is 13.3. The van der Waals surface area contributed by atoms with Gasteiger partial charge in [0.15, 0.2) is 0 Å². The molecular weight excluding hydrogens is 543 g/mol. The third-order valence-corrected chi connectivity index (χ3v) is 9.09. The first-order valence-corrected chi connectivity index (χ1v) is 15.5. The zero-order valence-corrected chi connectivity index (χ0v) is 26.3. The molecule has 232 valence electrons. The van der Waals surface area contributed by atoms with Crippen molar-refractivity contribution in [3.63, 3.8) is 0 Å². The summed E-state index contributed by atoms with van der Waals surface area (Å²) >= 11 is 0. The molecule has 0 spiro atoms. The molecule has 2 aromatic rings. The standard InChI is InChI=1S/C34H43FN4O2.CH4O/c1-22(2)37-19-27(18-36)29-15-32(38-20-30(29)35)39(33(40)24-8-6-5-7-9-24)21-34-13-12-28(26(16-34)17-34)25-10-11-31(41-4)23(3)14-25;1-2/h10-11,14-15,18-20,22,24H,5-9,12-13,16-17,21,36H2,1-4H3;2H,1H3/b27-18+,37-19?;. The van der Waals surface area contributed by atoms with E-state index in [4.69, 9.17) is 15.6 Å². The lowest BCUT2D eigenvalue weighted by Crippen LogP contribution is -2.50. The maximum atomic E-state index is 15.0. The number of aliphatic hydroxyl groups is 1. The highest BCUT2D eigenvalue weighted by Crippen LogP contribution is 2.58. The lowest BCUT2D eigenvalue weighted by molar-refractivity contribution is -0.123. The molecule has 4 aliphatic rings. The number of rotatable bonds is 9.